The van der Waals surface area contributed by atoms with Crippen molar-refractivity contribution in [3.05, 3.63) is 62.5 Å². The van der Waals surface area contributed by atoms with Crippen LogP contribution in [0.3, 0.4) is 0 Å². The minimum Gasteiger partial charge on any atom is -0.468 e. The molecule has 0 saturated carbocycles. The largest absolute Gasteiger partial charge is 0.468 e. The number of furan rings is 1. The monoisotopic (exact) mass is 324 g/mol. The van der Waals surface area contributed by atoms with Gasteiger partial charge in [0.25, 0.3) is 5.69 Å². The van der Waals surface area contributed by atoms with Gasteiger partial charge in [-0.1, -0.05) is 12.1 Å². The third-order valence-electron chi connectivity index (χ3n) is 2.82. The summed E-state index contributed by atoms with van der Waals surface area (Å²) >= 11 is 3.28. The maximum absolute atomic E-state index is 10.8. The van der Waals surface area contributed by atoms with Crippen LogP contribution in [0.5, 0.6) is 0 Å². The summed E-state index contributed by atoms with van der Waals surface area (Å²) < 4.78 is 5.81. The second kappa shape index (κ2) is 5.99. The van der Waals surface area contributed by atoms with E-state index in [-0.39, 0.29) is 11.7 Å². The molecule has 0 fully saturated rings. The van der Waals surface area contributed by atoms with Crippen LogP contribution in [0.25, 0.3) is 0 Å². The van der Waals surface area contributed by atoms with E-state index < -0.39 is 4.92 Å². The maximum Gasteiger partial charge on any atom is 0.283 e. The van der Waals surface area contributed by atoms with Gasteiger partial charge in [0.15, 0.2) is 0 Å². The predicted octanol–water partition coefficient (Wildman–Crippen LogP) is 3.80. The molecule has 6 heteroatoms. The van der Waals surface area contributed by atoms with Crippen molar-refractivity contribution < 1.29 is 9.34 Å². The fourth-order valence-corrected chi connectivity index (χ4v) is 2.29. The Hall–Kier alpha value is -1.66. The van der Waals surface area contributed by atoms with E-state index >= 15 is 0 Å². The second-order valence-electron chi connectivity index (χ2n) is 4.13. The summed E-state index contributed by atoms with van der Waals surface area (Å²) in [5.41, 5.74) is 0.914. The van der Waals surface area contributed by atoms with Gasteiger partial charge >= 0.3 is 0 Å². The molecule has 1 atom stereocenters. The summed E-state index contributed by atoms with van der Waals surface area (Å²) in [5.74, 6) is 0.835. The Morgan fingerprint density at radius 3 is 2.84 bits per heavy atom. The summed E-state index contributed by atoms with van der Waals surface area (Å²) in [4.78, 5) is 10.4. The SMILES string of the molecule is C[C@H](NCc1cccc([N+](=O)[O-])c1Br)c1ccco1. The van der Waals surface area contributed by atoms with Gasteiger partial charge in [-0.25, -0.2) is 0 Å². The zero-order valence-corrected chi connectivity index (χ0v) is 11.9. The third-order valence-corrected chi connectivity index (χ3v) is 3.74. The van der Waals surface area contributed by atoms with E-state index in [0.717, 1.165) is 11.3 Å². The Morgan fingerprint density at radius 2 is 2.21 bits per heavy atom. The molecule has 1 N–H and O–H groups in total. The lowest BCUT2D eigenvalue weighted by Crippen LogP contribution is -2.18. The second-order valence-corrected chi connectivity index (χ2v) is 4.92. The number of hydrogen-bond acceptors (Lipinski definition) is 4. The number of nitrogens with one attached hydrogen (secondary N) is 1. The molecule has 0 aliphatic rings. The smallest absolute Gasteiger partial charge is 0.283 e. The molecule has 100 valence electrons. The molecule has 0 spiro atoms. The average Bonchev–Trinajstić information content (AvgIpc) is 2.90. The van der Waals surface area contributed by atoms with Gasteiger partial charge in [0.1, 0.15) is 5.76 Å². The molecular weight excluding hydrogens is 312 g/mol. The van der Waals surface area contributed by atoms with Crippen LogP contribution in [0.15, 0.2) is 45.5 Å². The Morgan fingerprint density at radius 1 is 1.42 bits per heavy atom. The highest BCUT2D eigenvalue weighted by Gasteiger charge is 2.15. The maximum atomic E-state index is 10.8. The lowest BCUT2D eigenvalue weighted by atomic mass is 10.2. The van der Waals surface area contributed by atoms with Crippen molar-refractivity contribution in [2.24, 2.45) is 0 Å². The number of nitrogens with zero attached hydrogens (tertiary/aromatic N) is 1. The fourth-order valence-electron chi connectivity index (χ4n) is 1.75. The molecule has 0 aliphatic heterocycles. The number of halogens is 1. The molecule has 0 saturated heterocycles. The molecule has 19 heavy (non-hydrogen) atoms. The first-order chi connectivity index (χ1) is 9.09. The standard InChI is InChI=1S/C13H13BrN2O3/c1-9(12-6-3-7-19-12)15-8-10-4-2-5-11(13(10)14)16(17)18/h2-7,9,15H,8H2,1H3/t9-/m0/s1. The Balaban J connectivity index is 2.08. The van der Waals surface area contributed by atoms with Gasteiger partial charge in [-0.3, -0.25) is 10.1 Å². The highest BCUT2D eigenvalue weighted by Crippen LogP contribution is 2.28. The number of nitro benzene ring substituents is 1. The topological polar surface area (TPSA) is 68.3 Å². The van der Waals surface area contributed by atoms with E-state index in [1.165, 1.54) is 6.07 Å². The van der Waals surface area contributed by atoms with E-state index in [1.807, 2.05) is 25.1 Å². The average molecular weight is 325 g/mol. The molecule has 0 amide bonds. The molecule has 1 aromatic carbocycles. The molecule has 0 bridgehead atoms. The summed E-state index contributed by atoms with van der Waals surface area (Å²) in [7, 11) is 0. The predicted molar refractivity (Wildman–Crippen MR) is 74.8 cm³/mol. The Kier molecular flexibility index (Phi) is 4.34. The lowest BCUT2D eigenvalue weighted by molar-refractivity contribution is -0.385. The molecule has 0 aliphatic carbocycles. The van der Waals surface area contributed by atoms with Gasteiger partial charge in [0, 0.05) is 12.6 Å². The molecule has 2 rings (SSSR count). The fraction of sp³-hybridized carbons (Fsp3) is 0.231. The normalized spacial score (nSPS) is 12.3. The molecule has 1 aromatic heterocycles. The van der Waals surface area contributed by atoms with Gasteiger partial charge in [-0.15, -0.1) is 0 Å². The first-order valence-electron chi connectivity index (χ1n) is 5.78. The van der Waals surface area contributed by atoms with Crippen molar-refractivity contribution in [3.8, 4) is 0 Å². The lowest BCUT2D eigenvalue weighted by Gasteiger charge is -2.12. The summed E-state index contributed by atoms with van der Waals surface area (Å²) in [6.45, 7) is 2.49. The summed E-state index contributed by atoms with van der Waals surface area (Å²) in [6.07, 6.45) is 1.62. The van der Waals surface area contributed by atoms with Crippen LogP contribution in [-0.2, 0) is 6.54 Å². The Bertz CT molecular complexity index is 569. The van der Waals surface area contributed by atoms with Crippen molar-refractivity contribution in [2.45, 2.75) is 19.5 Å². The number of hydrogen-bond donors (Lipinski definition) is 1. The molecule has 0 unspecified atom stereocenters. The minimum absolute atomic E-state index is 0.0427. The molecule has 2 aromatic rings. The minimum atomic E-state index is -0.399. The number of nitro groups is 1. The quantitative estimate of drug-likeness (QED) is 0.670. The highest BCUT2D eigenvalue weighted by atomic mass is 79.9. The van der Waals surface area contributed by atoms with Crippen LogP contribution >= 0.6 is 15.9 Å². The summed E-state index contributed by atoms with van der Waals surface area (Å²) in [5, 5.41) is 14.1. The number of rotatable bonds is 5. The molecule has 0 radical (unpaired) electrons. The van der Waals surface area contributed by atoms with E-state index in [4.69, 9.17) is 4.42 Å². The van der Waals surface area contributed by atoms with Crippen molar-refractivity contribution in [2.75, 3.05) is 0 Å². The first-order valence-corrected chi connectivity index (χ1v) is 6.57. The van der Waals surface area contributed by atoms with Crippen molar-refractivity contribution >= 4 is 21.6 Å². The van der Waals surface area contributed by atoms with Crippen LogP contribution in [0.4, 0.5) is 5.69 Å². The van der Waals surface area contributed by atoms with E-state index in [9.17, 15) is 10.1 Å². The van der Waals surface area contributed by atoms with Gasteiger partial charge in [0.2, 0.25) is 0 Å². The van der Waals surface area contributed by atoms with Crippen LogP contribution < -0.4 is 5.32 Å². The van der Waals surface area contributed by atoms with Crippen molar-refractivity contribution in [3.63, 3.8) is 0 Å². The van der Waals surface area contributed by atoms with E-state index in [0.29, 0.717) is 11.0 Å². The molecule has 1 heterocycles. The van der Waals surface area contributed by atoms with Crippen molar-refractivity contribution in [1.82, 2.24) is 5.32 Å². The summed E-state index contributed by atoms with van der Waals surface area (Å²) in [6, 6.07) is 8.76. The first kappa shape index (κ1) is 13.8. The zero-order valence-electron chi connectivity index (χ0n) is 10.3. The van der Waals surface area contributed by atoms with Gasteiger partial charge in [0.05, 0.1) is 21.7 Å². The molecular formula is C13H13BrN2O3. The third kappa shape index (κ3) is 3.21. The van der Waals surface area contributed by atoms with Crippen LogP contribution in [-0.4, -0.2) is 4.92 Å². The highest BCUT2D eigenvalue weighted by molar-refractivity contribution is 9.10. The van der Waals surface area contributed by atoms with Crippen LogP contribution in [0, 0.1) is 10.1 Å². The number of benzene rings is 1. The van der Waals surface area contributed by atoms with Gasteiger partial charge in [-0.2, -0.15) is 0 Å². The van der Waals surface area contributed by atoms with Gasteiger partial charge < -0.3 is 9.73 Å². The Labute approximate surface area is 118 Å². The van der Waals surface area contributed by atoms with Crippen molar-refractivity contribution in [1.29, 1.82) is 0 Å². The van der Waals surface area contributed by atoms with Crippen LogP contribution in [0.2, 0.25) is 0 Å². The van der Waals surface area contributed by atoms with E-state index in [1.54, 1.807) is 12.3 Å². The molecule has 5 nitrogen and oxygen atoms in total. The zero-order chi connectivity index (χ0) is 13.8. The van der Waals surface area contributed by atoms with Crippen LogP contribution in [0.1, 0.15) is 24.3 Å². The van der Waals surface area contributed by atoms with E-state index in [2.05, 4.69) is 21.2 Å². The van der Waals surface area contributed by atoms with Gasteiger partial charge in [-0.05, 0) is 40.5 Å².